The molecule has 0 aliphatic heterocycles. The Morgan fingerprint density at radius 2 is 1.88 bits per heavy atom. The second-order valence-corrected chi connectivity index (χ2v) is 7.35. The first kappa shape index (κ1) is 16.1. The lowest BCUT2D eigenvalue weighted by atomic mass is 10.2. The lowest BCUT2D eigenvalue weighted by Gasteiger charge is -1.98. The summed E-state index contributed by atoms with van der Waals surface area (Å²) in [5, 5.41) is 15.8. The van der Waals surface area contributed by atoms with Crippen LogP contribution in [0.3, 0.4) is 0 Å². The summed E-state index contributed by atoms with van der Waals surface area (Å²) in [6, 6.07) is 16.2. The van der Waals surface area contributed by atoms with Crippen LogP contribution in [0.1, 0.15) is 11.3 Å². The van der Waals surface area contributed by atoms with E-state index in [1.807, 2.05) is 29.6 Å². The van der Waals surface area contributed by atoms with Crippen LogP contribution in [0.4, 0.5) is 0 Å². The Hall–Kier alpha value is -2.38. The molecule has 124 valence electrons. The Bertz CT molecular complexity index is 1010. The third-order valence-electron chi connectivity index (χ3n) is 3.72. The number of tetrazole rings is 1. The molecule has 0 aliphatic rings. The van der Waals surface area contributed by atoms with Crippen LogP contribution in [-0.2, 0) is 6.54 Å². The van der Waals surface area contributed by atoms with Crippen LogP contribution in [0.25, 0.3) is 22.0 Å². The fraction of sp³-hybridized carbons (Fsp3) is 0.111. The highest BCUT2D eigenvalue weighted by Gasteiger charge is 2.11. The van der Waals surface area contributed by atoms with Crippen LogP contribution >= 0.6 is 27.3 Å². The minimum Gasteiger partial charge on any atom is -0.239 e. The molecule has 5 nitrogen and oxygen atoms in total. The van der Waals surface area contributed by atoms with Crippen LogP contribution in [0.5, 0.6) is 0 Å². The summed E-state index contributed by atoms with van der Waals surface area (Å²) in [6.45, 7) is 2.58. The highest BCUT2D eigenvalue weighted by atomic mass is 79.9. The van der Waals surface area contributed by atoms with Crippen molar-refractivity contribution in [2.24, 2.45) is 0 Å². The van der Waals surface area contributed by atoms with Gasteiger partial charge in [0.05, 0.1) is 5.69 Å². The van der Waals surface area contributed by atoms with E-state index in [-0.39, 0.29) is 0 Å². The monoisotopic (exact) mass is 411 g/mol. The van der Waals surface area contributed by atoms with Gasteiger partial charge in [0.1, 0.15) is 11.6 Å². The number of thiazole rings is 1. The average Bonchev–Trinajstić information content (AvgIpc) is 3.26. The lowest BCUT2D eigenvalue weighted by Crippen LogP contribution is -2.04. The molecule has 0 bridgehead atoms. The van der Waals surface area contributed by atoms with E-state index < -0.39 is 0 Å². The second-order valence-electron chi connectivity index (χ2n) is 5.63. The molecule has 0 amide bonds. The molecule has 0 spiro atoms. The number of hydrogen-bond acceptors (Lipinski definition) is 5. The molecule has 0 N–H and O–H groups in total. The Balaban J connectivity index is 1.54. The molecule has 0 unspecified atom stereocenters. The molecule has 0 atom stereocenters. The zero-order valence-electron chi connectivity index (χ0n) is 13.4. The SMILES string of the molecule is Cc1ccc(-c2nc(Cn3nnc(-c4ccccc4Br)n3)cs2)cc1. The highest BCUT2D eigenvalue weighted by Crippen LogP contribution is 2.25. The van der Waals surface area contributed by atoms with Gasteiger partial charge in [-0.05, 0) is 24.3 Å². The van der Waals surface area contributed by atoms with Gasteiger partial charge in [-0.15, -0.1) is 21.5 Å². The molecule has 2 aromatic carbocycles. The second kappa shape index (κ2) is 6.85. The number of aromatic nitrogens is 5. The molecular weight excluding hydrogens is 398 g/mol. The van der Waals surface area contributed by atoms with Crippen molar-refractivity contribution in [2.75, 3.05) is 0 Å². The fourth-order valence-electron chi connectivity index (χ4n) is 2.41. The van der Waals surface area contributed by atoms with E-state index in [4.69, 9.17) is 0 Å². The van der Waals surface area contributed by atoms with Crippen molar-refractivity contribution >= 4 is 27.3 Å². The molecule has 0 saturated heterocycles. The average molecular weight is 412 g/mol. The smallest absolute Gasteiger partial charge is 0.206 e. The lowest BCUT2D eigenvalue weighted by molar-refractivity contribution is 0.566. The van der Waals surface area contributed by atoms with Gasteiger partial charge in [0.15, 0.2) is 0 Å². The molecule has 7 heteroatoms. The van der Waals surface area contributed by atoms with Crippen LogP contribution in [0.15, 0.2) is 58.4 Å². The molecule has 0 fully saturated rings. The van der Waals surface area contributed by atoms with Crippen molar-refractivity contribution in [1.82, 2.24) is 25.2 Å². The van der Waals surface area contributed by atoms with Gasteiger partial charge in [-0.2, -0.15) is 4.80 Å². The summed E-state index contributed by atoms with van der Waals surface area (Å²) in [5.74, 6) is 0.599. The molecule has 0 radical (unpaired) electrons. The van der Waals surface area contributed by atoms with Gasteiger partial charge in [-0.3, -0.25) is 0 Å². The zero-order chi connectivity index (χ0) is 17.2. The van der Waals surface area contributed by atoms with Crippen molar-refractivity contribution in [3.63, 3.8) is 0 Å². The molecule has 0 aliphatic carbocycles. The van der Waals surface area contributed by atoms with Crippen molar-refractivity contribution in [1.29, 1.82) is 0 Å². The predicted octanol–water partition coefficient (Wildman–Crippen LogP) is 4.58. The maximum Gasteiger partial charge on any atom is 0.206 e. The summed E-state index contributed by atoms with van der Waals surface area (Å²) in [4.78, 5) is 6.26. The summed E-state index contributed by atoms with van der Waals surface area (Å²) < 4.78 is 0.949. The van der Waals surface area contributed by atoms with Crippen LogP contribution in [0, 0.1) is 6.92 Å². The van der Waals surface area contributed by atoms with Gasteiger partial charge in [-0.25, -0.2) is 4.98 Å². The van der Waals surface area contributed by atoms with E-state index in [1.165, 1.54) is 5.56 Å². The van der Waals surface area contributed by atoms with Crippen molar-refractivity contribution in [3.05, 3.63) is 69.6 Å². The highest BCUT2D eigenvalue weighted by molar-refractivity contribution is 9.10. The topological polar surface area (TPSA) is 56.5 Å². The Morgan fingerprint density at radius 1 is 1.08 bits per heavy atom. The van der Waals surface area contributed by atoms with Crippen molar-refractivity contribution in [3.8, 4) is 22.0 Å². The van der Waals surface area contributed by atoms with E-state index in [1.54, 1.807) is 16.1 Å². The van der Waals surface area contributed by atoms with Gasteiger partial charge < -0.3 is 0 Å². The van der Waals surface area contributed by atoms with E-state index in [0.717, 1.165) is 26.3 Å². The molecule has 0 saturated carbocycles. The van der Waals surface area contributed by atoms with Crippen molar-refractivity contribution in [2.45, 2.75) is 13.5 Å². The molecular formula is C18H14BrN5S. The molecule has 4 aromatic rings. The van der Waals surface area contributed by atoms with Crippen LogP contribution in [-0.4, -0.2) is 25.2 Å². The Morgan fingerprint density at radius 3 is 2.68 bits per heavy atom. The molecule has 2 heterocycles. The summed E-state index contributed by atoms with van der Waals surface area (Å²) in [5.41, 5.74) is 4.22. The molecule has 4 rings (SSSR count). The van der Waals surface area contributed by atoms with Gasteiger partial charge in [-0.1, -0.05) is 57.9 Å². The number of nitrogens with zero attached hydrogens (tertiary/aromatic N) is 5. The standard InChI is InChI=1S/C18H14BrN5S/c1-12-6-8-13(9-7-12)18-20-14(11-25-18)10-24-22-17(21-23-24)15-4-2-3-5-16(15)19/h2-9,11H,10H2,1H3. The summed E-state index contributed by atoms with van der Waals surface area (Å²) in [7, 11) is 0. The van der Waals surface area contributed by atoms with Crippen LogP contribution in [0.2, 0.25) is 0 Å². The Kier molecular flexibility index (Phi) is 4.42. The quantitative estimate of drug-likeness (QED) is 0.492. The number of benzene rings is 2. The van der Waals surface area contributed by atoms with E-state index >= 15 is 0 Å². The van der Waals surface area contributed by atoms with Crippen LogP contribution < -0.4 is 0 Å². The molecule has 2 aromatic heterocycles. The number of hydrogen-bond donors (Lipinski definition) is 0. The maximum atomic E-state index is 4.69. The zero-order valence-corrected chi connectivity index (χ0v) is 15.8. The largest absolute Gasteiger partial charge is 0.239 e. The number of rotatable bonds is 4. The van der Waals surface area contributed by atoms with Gasteiger partial charge in [0.2, 0.25) is 5.82 Å². The Labute approximate surface area is 157 Å². The minimum atomic E-state index is 0.500. The van der Waals surface area contributed by atoms with Gasteiger partial charge in [0.25, 0.3) is 0 Å². The third kappa shape index (κ3) is 3.52. The summed E-state index contributed by atoms with van der Waals surface area (Å²) >= 11 is 5.14. The third-order valence-corrected chi connectivity index (χ3v) is 5.35. The van der Waals surface area contributed by atoms with Crippen molar-refractivity contribution < 1.29 is 0 Å². The first-order valence-corrected chi connectivity index (χ1v) is 9.40. The van der Waals surface area contributed by atoms with E-state index in [0.29, 0.717) is 12.4 Å². The fourth-order valence-corrected chi connectivity index (χ4v) is 3.69. The van der Waals surface area contributed by atoms with E-state index in [9.17, 15) is 0 Å². The van der Waals surface area contributed by atoms with E-state index in [2.05, 4.69) is 67.5 Å². The molecule has 25 heavy (non-hydrogen) atoms. The minimum absolute atomic E-state index is 0.500. The number of aryl methyl sites for hydroxylation is 1. The first-order chi connectivity index (χ1) is 12.2. The maximum absolute atomic E-state index is 4.69. The normalized spacial score (nSPS) is 11.0. The predicted molar refractivity (Wildman–Crippen MR) is 102 cm³/mol. The summed E-state index contributed by atoms with van der Waals surface area (Å²) in [6.07, 6.45) is 0. The first-order valence-electron chi connectivity index (χ1n) is 7.73. The van der Waals surface area contributed by atoms with Gasteiger partial charge in [0, 0.05) is 21.0 Å². The number of halogens is 1. The van der Waals surface area contributed by atoms with Gasteiger partial charge >= 0.3 is 0 Å².